The Bertz CT molecular complexity index is 789. The Morgan fingerprint density at radius 2 is 1.68 bits per heavy atom. The van der Waals surface area contributed by atoms with Gasteiger partial charge in [0.25, 0.3) is 0 Å². The predicted molar refractivity (Wildman–Crippen MR) is 97.7 cm³/mol. The minimum absolute atomic E-state index is 0.704. The van der Waals surface area contributed by atoms with Crippen molar-refractivity contribution >= 4 is 40.9 Å². The normalized spacial score (nSPS) is 12.0. The van der Waals surface area contributed by atoms with Gasteiger partial charge in [-0.25, -0.2) is 0 Å². The Morgan fingerprint density at radius 3 is 2.41 bits per heavy atom. The molecule has 108 valence electrons. The zero-order chi connectivity index (χ0) is 15.2. The summed E-state index contributed by atoms with van der Waals surface area (Å²) in [6.45, 7) is 0. The fourth-order valence-electron chi connectivity index (χ4n) is 2.03. The average Bonchev–Trinajstić information content (AvgIpc) is 3.07. The van der Waals surface area contributed by atoms with Crippen LogP contribution in [0.2, 0.25) is 5.02 Å². The number of thiophene rings is 1. The van der Waals surface area contributed by atoms with Crippen LogP contribution in [-0.2, 0) is 0 Å². The zero-order valence-electron chi connectivity index (χ0n) is 11.8. The summed E-state index contributed by atoms with van der Waals surface area (Å²) in [5.41, 5.74) is 2.92. The highest BCUT2D eigenvalue weighted by Crippen LogP contribution is 2.22. The SMILES string of the molecule is Clc1ccccc1C=N/C(=C/c1cccs1)c1ccccc1. The van der Waals surface area contributed by atoms with Crippen LogP contribution in [0.4, 0.5) is 0 Å². The molecule has 3 heteroatoms. The molecule has 3 aromatic rings. The number of hydrogen-bond donors (Lipinski definition) is 0. The van der Waals surface area contributed by atoms with Gasteiger partial charge in [0.2, 0.25) is 0 Å². The minimum atomic E-state index is 0.704. The third kappa shape index (κ3) is 3.73. The van der Waals surface area contributed by atoms with E-state index >= 15 is 0 Å². The van der Waals surface area contributed by atoms with Crippen molar-refractivity contribution in [1.29, 1.82) is 0 Å². The van der Waals surface area contributed by atoms with Gasteiger partial charge in [-0.2, -0.15) is 0 Å². The van der Waals surface area contributed by atoms with E-state index in [0.29, 0.717) is 5.02 Å². The highest BCUT2D eigenvalue weighted by atomic mass is 35.5. The van der Waals surface area contributed by atoms with Crippen LogP contribution in [0, 0.1) is 0 Å². The third-order valence-corrected chi connectivity index (χ3v) is 4.30. The van der Waals surface area contributed by atoms with Gasteiger partial charge in [0.1, 0.15) is 0 Å². The lowest BCUT2D eigenvalue weighted by Crippen LogP contribution is -1.85. The molecule has 0 saturated heterocycles. The lowest BCUT2D eigenvalue weighted by Gasteiger charge is -2.02. The van der Waals surface area contributed by atoms with Gasteiger partial charge in [-0.15, -0.1) is 11.3 Å². The second-order valence-corrected chi connectivity index (χ2v) is 6.08. The maximum Gasteiger partial charge on any atom is 0.0716 e. The van der Waals surface area contributed by atoms with E-state index in [4.69, 9.17) is 11.6 Å². The highest BCUT2D eigenvalue weighted by molar-refractivity contribution is 7.10. The summed E-state index contributed by atoms with van der Waals surface area (Å²) in [5.74, 6) is 0. The van der Waals surface area contributed by atoms with E-state index in [1.165, 1.54) is 4.88 Å². The van der Waals surface area contributed by atoms with E-state index in [9.17, 15) is 0 Å². The van der Waals surface area contributed by atoms with Gasteiger partial charge >= 0.3 is 0 Å². The lowest BCUT2D eigenvalue weighted by molar-refractivity contribution is 1.52. The summed E-state index contributed by atoms with van der Waals surface area (Å²) < 4.78 is 0. The van der Waals surface area contributed by atoms with Crippen LogP contribution in [-0.4, -0.2) is 6.21 Å². The molecule has 0 bridgehead atoms. The molecule has 0 amide bonds. The van der Waals surface area contributed by atoms with Crippen LogP contribution in [0.15, 0.2) is 77.1 Å². The fraction of sp³-hybridized carbons (Fsp3) is 0. The molecule has 0 saturated carbocycles. The van der Waals surface area contributed by atoms with Gasteiger partial charge in [-0.1, -0.05) is 66.2 Å². The molecule has 0 unspecified atom stereocenters. The Balaban J connectivity index is 1.98. The number of benzene rings is 2. The molecule has 0 atom stereocenters. The van der Waals surface area contributed by atoms with Gasteiger partial charge in [0.05, 0.1) is 5.70 Å². The molecular formula is C19H14ClNS. The summed E-state index contributed by atoms with van der Waals surface area (Å²) in [7, 11) is 0. The molecule has 0 spiro atoms. The topological polar surface area (TPSA) is 12.4 Å². The third-order valence-electron chi connectivity index (χ3n) is 3.14. The summed E-state index contributed by atoms with van der Waals surface area (Å²) in [6.07, 6.45) is 3.90. The molecule has 22 heavy (non-hydrogen) atoms. The summed E-state index contributed by atoms with van der Waals surface area (Å²) >= 11 is 7.88. The standard InChI is InChI=1S/C19H14ClNS/c20-18-11-5-4-9-16(18)14-21-19(13-17-10-6-12-22-17)15-7-2-1-3-8-15/h1-14H/b19-13+,21-14?. The lowest BCUT2D eigenvalue weighted by atomic mass is 10.1. The van der Waals surface area contributed by atoms with Gasteiger partial charge in [0, 0.05) is 27.2 Å². The minimum Gasteiger partial charge on any atom is -0.256 e. The molecule has 1 heterocycles. The maximum absolute atomic E-state index is 6.19. The Kier molecular flexibility index (Phi) is 4.84. The highest BCUT2D eigenvalue weighted by Gasteiger charge is 2.01. The van der Waals surface area contributed by atoms with Crippen molar-refractivity contribution in [3.8, 4) is 0 Å². The monoisotopic (exact) mass is 323 g/mol. The van der Waals surface area contributed by atoms with Crippen molar-refractivity contribution in [2.45, 2.75) is 0 Å². The quantitative estimate of drug-likeness (QED) is 0.521. The Morgan fingerprint density at radius 1 is 0.909 bits per heavy atom. The molecule has 0 aliphatic rings. The van der Waals surface area contributed by atoms with Crippen LogP contribution in [0.25, 0.3) is 11.8 Å². The van der Waals surface area contributed by atoms with Crippen LogP contribution in [0.3, 0.4) is 0 Å². The van der Waals surface area contributed by atoms with E-state index in [1.807, 2.05) is 54.7 Å². The van der Waals surface area contributed by atoms with Gasteiger partial charge < -0.3 is 0 Å². The first-order valence-electron chi connectivity index (χ1n) is 6.92. The van der Waals surface area contributed by atoms with Crippen molar-refractivity contribution in [2.24, 2.45) is 4.99 Å². The molecule has 2 aromatic carbocycles. The zero-order valence-corrected chi connectivity index (χ0v) is 13.4. The number of hydrogen-bond acceptors (Lipinski definition) is 2. The molecule has 1 nitrogen and oxygen atoms in total. The predicted octanol–water partition coefficient (Wildman–Crippen LogP) is 6.02. The smallest absolute Gasteiger partial charge is 0.0716 e. The molecule has 1 aromatic heterocycles. The van der Waals surface area contributed by atoms with Gasteiger partial charge in [-0.3, -0.25) is 4.99 Å². The largest absolute Gasteiger partial charge is 0.256 e. The first-order chi connectivity index (χ1) is 10.8. The van der Waals surface area contributed by atoms with E-state index in [0.717, 1.165) is 16.8 Å². The number of halogens is 1. The Hall–Kier alpha value is -2.16. The first-order valence-corrected chi connectivity index (χ1v) is 8.18. The summed E-state index contributed by atoms with van der Waals surface area (Å²) in [5, 5.41) is 2.77. The second kappa shape index (κ2) is 7.21. The van der Waals surface area contributed by atoms with Crippen LogP contribution in [0.5, 0.6) is 0 Å². The van der Waals surface area contributed by atoms with E-state index in [2.05, 4.69) is 34.6 Å². The van der Waals surface area contributed by atoms with E-state index in [-0.39, 0.29) is 0 Å². The van der Waals surface area contributed by atoms with Crippen molar-refractivity contribution in [2.75, 3.05) is 0 Å². The summed E-state index contributed by atoms with van der Waals surface area (Å²) in [4.78, 5) is 5.83. The number of rotatable bonds is 4. The molecule has 0 aliphatic carbocycles. The van der Waals surface area contributed by atoms with E-state index in [1.54, 1.807) is 11.3 Å². The molecule has 0 radical (unpaired) electrons. The number of nitrogens with zero attached hydrogens (tertiary/aromatic N) is 1. The van der Waals surface area contributed by atoms with Crippen molar-refractivity contribution in [3.63, 3.8) is 0 Å². The summed E-state index contributed by atoms with van der Waals surface area (Å²) in [6, 6.07) is 22.0. The van der Waals surface area contributed by atoms with Gasteiger partial charge in [0.15, 0.2) is 0 Å². The number of aliphatic imine (C=N–C) groups is 1. The molecule has 0 N–H and O–H groups in total. The molecule has 0 aliphatic heterocycles. The molecule has 0 fully saturated rings. The van der Waals surface area contributed by atoms with Crippen LogP contribution >= 0.6 is 22.9 Å². The van der Waals surface area contributed by atoms with E-state index < -0.39 is 0 Å². The van der Waals surface area contributed by atoms with Crippen LogP contribution < -0.4 is 0 Å². The van der Waals surface area contributed by atoms with Crippen molar-refractivity contribution in [3.05, 3.63) is 93.1 Å². The molecule has 3 rings (SSSR count). The Labute approximate surface area is 139 Å². The second-order valence-electron chi connectivity index (χ2n) is 4.69. The molecular weight excluding hydrogens is 310 g/mol. The average molecular weight is 324 g/mol. The first kappa shape index (κ1) is 14.8. The van der Waals surface area contributed by atoms with Gasteiger partial charge in [-0.05, 0) is 23.6 Å². The van der Waals surface area contributed by atoms with Crippen LogP contribution in [0.1, 0.15) is 16.0 Å². The maximum atomic E-state index is 6.19. The fourth-order valence-corrected chi connectivity index (χ4v) is 2.87. The van der Waals surface area contributed by atoms with Crippen molar-refractivity contribution < 1.29 is 0 Å². The van der Waals surface area contributed by atoms with Crippen molar-refractivity contribution in [1.82, 2.24) is 0 Å².